The molecule has 0 radical (unpaired) electrons. The summed E-state index contributed by atoms with van der Waals surface area (Å²) in [6, 6.07) is 2.93. The molecular formula is C16H22F2N2O2. The van der Waals surface area contributed by atoms with Crippen LogP contribution in [-0.4, -0.2) is 35.7 Å². The molecule has 1 aliphatic heterocycles. The van der Waals surface area contributed by atoms with E-state index >= 15 is 0 Å². The Labute approximate surface area is 129 Å². The van der Waals surface area contributed by atoms with Gasteiger partial charge in [0, 0.05) is 31.8 Å². The fourth-order valence-corrected chi connectivity index (χ4v) is 2.78. The Morgan fingerprint density at radius 3 is 2.73 bits per heavy atom. The van der Waals surface area contributed by atoms with Crippen molar-refractivity contribution >= 4 is 6.03 Å². The van der Waals surface area contributed by atoms with Crippen molar-refractivity contribution in [3.63, 3.8) is 0 Å². The van der Waals surface area contributed by atoms with E-state index in [4.69, 9.17) is 5.11 Å². The molecule has 0 bridgehead atoms. The minimum atomic E-state index is -0.530. The Morgan fingerprint density at radius 2 is 2.09 bits per heavy atom. The van der Waals surface area contributed by atoms with Gasteiger partial charge in [0.25, 0.3) is 0 Å². The van der Waals surface area contributed by atoms with Crippen molar-refractivity contribution in [2.24, 2.45) is 11.8 Å². The molecule has 1 saturated heterocycles. The van der Waals surface area contributed by atoms with Crippen LogP contribution in [0.2, 0.25) is 0 Å². The van der Waals surface area contributed by atoms with E-state index in [1.807, 2.05) is 6.92 Å². The Bertz CT molecular complexity index is 517. The summed E-state index contributed by atoms with van der Waals surface area (Å²) in [5.41, 5.74) is 0.136. The van der Waals surface area contributed by atoms with Gasteiger partial charge in [0.2, 0.25) is 0 Å². The molecule has 1 atom stereocenters. The van der Waals surface area contributed by atoms with Crippen molar-refractivity contribution in [2.45, 2.75) is 26.3 Å². The van der Waals surface area contributed by atoms with E-state index in [-0.39, 0.29) is 30.7 Å². The number of nitrogens with one attached hydrogen (secondary N) is 1. The lowest BCUT2D eigenvalue weighted by atomic mass is 9.86. The maximum Gasteiger partial charge on any atom is 0.317 e. The van der Waals surface area contributed by atoms with Gasteiger partial charge in [-0.25, -0.2) is 13.6 Å². The number of benzene rings is 1. The summed E-state index contributed by atoms with van der Waals surface area (Å²) in [6.45, 7) is 3.37. The van der Waals surface area contributed by atoms with Gasteiger partial charge in [-0.2, -0.15) is 0 Å². The van der Waals surface area contributed by atoms with E-state index in [9.17, 15) is 13.6 Å². The molecule has 0 aromatic heterocycles. The van der Waals surface area contributed by atoms with Crippen LogP contribution < -0.4 is 5.32 Å². The van der Waals surface area contributed by atoms with Gasteiger partial charge in [-0.15, -0.1) is 0 Å². The lowest BCUT2D eigenvalue weighted by Gasteiger charge is -2.34. The molecule has 4 nitrogen and oxygen atoms in total. The quantitative estimate of drug-likeness (QED) is 0.897. The number of hydrogen-bond acceptors (Lipinski definition) is 2. The van der Waals surface area contributed by atoms with Crippen LogP contribution >= 0.6 is 0 Å². The highest BCUT2D eigenvalue weighted by molar-refractivity contribution is 5.74. The molecule has 1 fully saturated rings. The van der Waals surface area contributed by atoms with Crippen LogP contribution in [-0.2, 0) is 6.54 Å². The van der Waals surface area contributed by atoms with Gasteiger partial charge in [0.15, 0.2) is 0 Å². The highest BCUT2D eigenvalue weighted by Crippen LogP contribution is 2.24. The molecule has 1 aliphatic rings. The first-order valence-electron chi connectivity index (χ1n) is 7.58. The summed E-state index contributed by atoms with van der Waals surface area (Å²) in [7, 11) is 0. The lowest BCUT2D eigenvalue weighted by Crippen LogP contribution is -2.45. The second-order valence-corrected chi connectivity index (χ2v) is 5.88. The summed E-state index contributed by atoms with van der Waals surface area (Å²) in [5, 5.41) is 11.8. The number of likely N-dealkylation sites (tertiary alicyclic amines) is 1. The number of aliphatic hydroxyl groups excluding tert-OH is 1. The average Bonchev–Trinajstić information content (AvgIpc) is 2.54. The van der Waals surface area contributed by atoms with Crippen LogP contribution in [0.15, 0.2) is 18.2 Å². The maximum atomic E-state index is 13.5. The fourth-order valence-electron chi connectivity index (χ4n) is 2.78. The van der Waals surface area contributed by atoms with Crippen LogP contribution in [0.4, 0.5) is 13.6 Å². The van der Waals surface area contributed by atoms with Crippen LogP contribution in [0.3, 0.4) is 0 Å². The number of hydrogen-bond donors (Lipinski definition) is 2. The molecule has 1 aromatic carbocycles. The van der Waals surface area contributed by atoms with E-state index in [1.165, 1.54) is 0 Å². The second kappa shape index (κ2) is 7.54. The van der Waals surface area contributed by atoms with Gasteiger partial charge in [0.1, 0.15) is 11.6 Å². The lowest BCUT2D eigenvalue weighted by molar-refractivity contribution is 0.123. The van der Waals surface area contributed by atoms with E-state index in [2.05, 4.69) is 5.32 Å². The van der Waals surface area contributed by atoms with Crippen molar-refractivity contribution in [3.05, 3.63) is 35.4 Å². The summed E-state index contributed by atoms with van der Waals surface area (Å²) in [5.74, 6) is -0.386. The predicted molar refractivity (Wildman–Crippen MR) is 79.1 cm³/mol. The number of urea groups is 1. The molecule has 1 heterocycles. The summed E-state index contributed by atoms with van der Waals surface area (Å²) < 4.78 is 26.6. The first-order valence-corrected chi connectivity index (χ1v) is 7.58. The minimum absolute atomic E-state index is 0.0323. The molecule has 1 aromatic rings. The van der Waals surface area contributed by atoms with Crippen LogP contribution in [0.5, 0.6) is 0 Å². The summed E-state index contributed by atoms with van der Waals surface area (Å²) >= 11 is 0. The van der Waals surface area contributed by atoms with Crippen LogP contribution in [0.25, 0.3) is 0 Å². The zero-order valence-electron chi connectivity index (χ0n) is 12.7. The fraction of sp³-hybridized carbons (Fsp3) is 0.562. The molecule has 2 rings (SSSR count). The largest absolute Gasteiger partial charge is 0.396 e. The Balaban J connectivity index is 1.82. The van der Waals surface area contributed by atoms with Crippen LogP contribution in [0, 0.1) is 23.5 Å². The van der Waals surface area contributed by atoms with Crippen molar-refractivity contribution in [1.82, 2.24) is 10.2 Å². The number of halogens is 2. The molecule has 0 aliphatic carbocycles. The van der Waals surface area contributed by atoms with Crippen LogP contribution in [0.1, 0.15) is 25.3 Å². The Kier molecular flexibility index (Phi) is 5.71. The number of aliphatic hydroxyl groups is 1. The van der Waals surface area contributed by atoms with E-state index in [0.29, 0.717) is 19.0 Å². The molecule has 6 heteroatoms. The highest BCUT2D eigenvalue weighted by Gasteiger charge is 2.25. The third-order valence-corrected chi connectivity index (χ3v) is 4.36. The SMILES string of the molecule is CC(CO)C1CCN(C(=O)NCc2cc(F)ccc2F)CC1. The zero-order valence-corrected chi connectivity index (χ0v) is 12.7. The van der Waals surface area contributed by atoms with E-state index in [0.717, 1.165) is 31.0 Å². The summed E-state index contributed by atoms with van der Waals surface area (Å²) in [4.78, 5) is 13.7. The average molecular weight is 312 g/mol. The van der Waals surface area contributed by atoms with Crippen molar-refractivity contribution in [2.75, 3.05) is 19.7 Å². The molecule has 122 valence electrons. The monoisotopic (exact) mass is 312 g/mol. The van der Waals surface area contributed by atoms with E-state index in [1.54, 1.807) is 4.90 Å². The number of amides is 2. The Hall–Kier alpha value is -1.69. The van der Waals surface area contributed by atoms with Gasteiger partial charge in [-0.1, -0.05) is 6.92 Å². The molecule has 22 heavy (non-hydrogen) atoms. The van der Waals surface area contributed by atoms with Crippen molar-refractivity contribution in [3.8, 4) is 0 Å². The van der Waals surface area contributed by atoms with Crippen molar-refractivity contribution in [1.29, 1.82) is 0 Å². The third-order valence-electron chi connectivity index (χ3n) is 4.36. The topological polar surface area (TPSA) is 52.6 Å². The van der Waals surface area contributed by atoms with Crippen molar-refractivity contribution < 1.29 is 18.7 Å². The first kappa shape index (κ1) is 16.7. The van der Waals surface area contributed by atoms with E-state index < -0.39 is 11.6 Å². The predicted octanol–water partition coefficient (Wildman–Crippen LogP) is 2.51. The van der Waals surface area contributed by atoms with Gasteiger partial charge < -0.3 is 15.3 Å². The first-order chi connectivity index (χ1) is 10.5. The number of nitrogens with zero attached hydrogens (tertiary/aromatic N) is 1. The molecule has 1 unspecified atom stereocenters. The molecular weight excluding hydrogens is 290 g/mol. The van der Waals surface area contributed by atoms with Gasteiger partial charge in [-0.3, -0.25) is 0 Å². The van der Waals surface area contributed by atoms with Gasteiger partial charge in [-0.05, 0) is 42.9 Å². The molecule has 0 spiro atoms. The highest BCUT2D eigenvalue weighted by atomic mass is 19.1. The zero-order chi connectivity index (χ0) is 16.1. The van der Waals surface area contributed by atoms with Gasteiger partial charge >= 0.3 is 6.03 Å². The number of piperidine rings is 1. The Morgan fingerprint density at radius 1 is 1.41 bits per heavy atom. The van der Waals surface area contributed by atoms with Gasteiger partial charge in [0.05, 0.1) is 0 Å². The maximum absolute atomic E-state index is 13.5. The molecule has 2 amide bonds. The minimum Gasteiger partial charge on any atom is -0.396 e. The summed E-state index contributed by atoms with van der Waals surface area (Å²) in [6.07, 6.45) is 1.70. The standard InChI is InChI=1S/C16H22F2N2O2/c1-11(10-21)12-4-6-20(7-5-12)16(22)19-9-13-8-14(17)2-3-15(13)18/h2-3,8,11-12,21H,4-7,9-10H2,1H3,(H,19,22). The second-order valence-electron chi connectivity index (χ2n) is 5.88. The number of carbonyl (C=O) groups excluding carboxylic acids is 1. The molecule has 2 N–H and O–H groups in total. The molecule has 0 saturated carbocycles. The normalized spacial score (nSPS) is 17.4. The number of carbonyl (C=O) groups is 1. The smallest absolute Gasteiger partial charge is 0.317 e. The number of rotatable bonds is 4. The third kappa shape index (κ3) is 4.16.